The summed E-state index contributed by atoms with van der Waals surface area (Å²) in [5.74, 6) is -1.82. The molecular formula is C29H25IN2O13P2. The minimum absolute atomic E-state index is 0.0832. The van der Waals surface area contributed by atoms with Crippen molar-refractivity contribution >= 4 is 55.3 Å². The van der Waals surface area contributed by atoms with Crippen LogP contribution in [0.5, 0.6) is 0 Å². The number of ether oxygens (including phenoxy) is 3. The normalized spacial score (nSPS) is 21.7. The fourth-order valence-electron chi connectivity index (χ4n) is 4.55. The number of esters is 2. The number of halogens is 1. The van der Waals surface area contributed by atoms with Gasteiger partial charge in [-0.25, -0.2) is 23.3 Å². The molecule has 0 spiro atoms. The number of carbonyl (C=O) groups is 2. The van der Waals surface area contributed by atoms with Crippen LogP contribution in [0.1, 0.15) is 26.9 Å². The van der Waals surface area contributed by atoms with E-state index in [9.17, 15) is 38.1 Å². The molecule has 2 heterocycles. The molecule has 1 aliphatic rings. The van der Waals surface area contributed by atoms with Gasteiger partial charge in [-0.3, -0.25) is 23.4 Å². The van der Waals surface area contributed by atoms with Crippen LogP contribution in [0.2, 0.25) is 0 Å². The number of phosphoric acid groups is 1. The van der Waals surface area contributed by atoms with E-state index < -0.39 is 69.8 Å². The second-order valence-corrected chi connectivity index (χ2v) is 14.4. The van der Waals surface area contributed by atoms with Crippen molar-refractivity contribution in [3.05, 3.63) is 133 Å². The van der Waals surface area contributed by atoms with E-state index >= 15 is 0 Å². The number of rotatable bonds is 11. The van der Waals surface area contributed by atoms with Gasteiger partial charge in [0.2, 0.25) is 0 Å². The van der Waals surface area contributed by atoms with Gasteiger partial charge in [0.1, 0.15) is 6.10 Å². The highest BCUT2D eigenvalue weighted by Gasteiger charge is 2.52. The van der Waals surface area contributed by atoms with Crippen LogP contribution in [0.3, 0.4) is 0 Å². The molecule has 1 aromatic heterocycles. The zero-order valence-electron chi connectivity index (χ0n) is 23.9. The summed E-state index contributed by atoms with van der Waals surface area (Å²) in [5.41, 5.74) is -1.54. The molecule has 47 heavy (non-hydrogen) atoms. The molecule has 6 unspecified atom stereocenters. The number of hydrogen-bond donors (Lipinski definition) is 3. The van der Waals surface area contributed by atoms with Gasteiger partial charge in [0.15, 0.2) is 18.4 Å². The first-order chi connectivity index (χ1) is 22.3. The lowest BCUT2D eigenvalue weighted by Crippen LogP contribution is -2.42. The average molecular weight is 798 g/mol. The monoisotopic (exact) mass is 798 g/mol. The maximum atomic E-state index is 13.2. The molecule has 3 aromatic carbocycles. The molecule has 1 fully saturated rings. The highest BCUT2D eigenvalue weighted by molar-refractivity contribution is 14.1. The molecule has 0 saturated carbocycles. The first kappa shape index (κ1) is 34.6. The van der Waals surface area contributed by atoms with Crippen LogP contribution in [-0.4, -0.2) is 56.2 Å². The van der Waals surface area contributed by atoms with Crippen LogP contribution in [-0.2, 0) is 32.2 Å². The predicted octanol–water partition coefficient (Wildman–Crippen LogP) is 3.13. The van der Waals surface area contributed by atoms with Crippen molar-refractivity contribution in [2.45, 2.75) is 24.5 Å². The number of phosphoric ester groups is 1. The van der Waals surface area contributed by atoms with E-state index in [0.29, 0.717) is 0 Å². The summed E-state index contributed by atoms with van der Waals surface area (Å²) in [4.78, 5) is 74.0. The van der Waals surface area contributed by atoms with E-state index in [1.807, 2.05) is 4.98 Å². The zero-order chi connectivity index (χ0) is 33.8. The standard InChI is InChI=1S/C29H25IN2O13P2/c30-20-13-7-8-14-22(20)46(37,38)45-47(39,40)41-17-21-24(43-27(34)18-9-3-1-4-10-18)25(44-28(35)19-11-5-2-6-12-19)26(42-21)32-16-15-23(33)31-29(32)36/h1-16,21,24-26H,17H2,(H,37,38)(H,39,40)(H,31,33,36). The Hall–Kier alpha value is -3.73. The minimum Gasteiger partial charge on any atom is -0.452 e. The molecule has 0 radical (unpaired) electrons. The number of aromatic amines is 1. The number of carbonyl (C=O) groups excluding carboxylic acids is 2. The first-order valence-electron chi connectivity index (χ1n) is 13.6. The van der Waals surface area contributed by atoms with E-state index in [-0.39, 0.29) is 20.0 Å². The molecular weight excluding hydrogens is 773 g/mol. The fourth-order valence-corrected chi connectivity index (χ4v) is 8.46. The summed E-state index contributed by atoms with van der Waals surface area (Å²) in [6.45, 7) is -0.930. The summed E-state index contributed by atoms with van der Waals surface area (Å²) in [6, 6.07) is 22.1. The smallest absolute Gasteiger partial charge is 0.452 e. The topological polar surface area (TPSA) is 210 Å². The van der Waals surface area contributed by atoms with Gasteiger partial charge < -0.3 is 24.0 Å². The molecule has 15 nitrogen and oxygen atoms in total. The van der Waals surface area contributed by atoms with Gasteiger partial charge in [-0.15, -0.1) is 0 Å². The largest absolute Gasteiger partial charge is 0.479 e. The Morgan fingerprint density at radius 3 is 1.96 bits per heavy atom. The molecule has 1 aliphatic heterocycles. The molecule has 6 atom stereocenters. The van der Waals surface area contributed by atoms with Gasteiger partial charge in [0, 0.05) is 15.8 Å². The Balaban J connectivity index is 1.48. The van der Waals surface area contributed by atoms with Gasteiger partial charge in [0.05, 0.1) is 23.0 Å². The number of hydrogen-bond acceptors (Lipinski definition) is 11. The Morgan fingerprint density at radius 2 is 1.38 bits per heavy atom. The molecule has 3 N–H and O–H groups in total. The number of aromatic nitrogens is 2. The zero-order valence-corrected chi connectivity index (χ0v) is 27.8. The molecule has 18 heteroatoms. The lowest BCUT2D eigenvalue weighted by molar-refractivity contribution is -0.0596. The molecule has 246 valence electrons. The van der Waals surface area contributed by atoms with E-state index in [4.69, 9.17) is 18.7 Å². The van der Waals surface area contributed by atoms with E-state index in [1.54, 1.807) is 65.1 Å². The van der Waals surface area contributed by atoms with Crippen LogP contribution in [0.15, 0.2) is 107 Å². The number of H-pyrrole nitrogens is 1. The molecule has 0 amide bonds. The summed E-state index contributed by atoms with van der Waals surface area (Å²) in [5, 5.41) is -0.254. The third-order valence-electron chi connectivity index (χ3n) is 6.69. The lowest BCUT2D eigenvalue weighted by Gasteiger charge is -2.25. The second kappa shape index (κ2) is 14.6. The van der Waals surface area contributed by atoms with Gasteiger partial charge >= 0.3 is 33.0 Å². The van der Waals surface area contributed by atoms with Gasteiger partial charge in [0.25, 0.3) is 5.56 Å². The summed E-state index contributed by atoms with van der Waals surface area (Å²) in [7, 11) is -10.2. The van der Waals surface area contributed by atoms with Gasteiger partial charge in [-0.1, -0.05) is 48.5 Å². The second-order valence-electron chi connectivity index (χ2n) is 9.87. The predicted molar refractivity (Wildman–Crippen MR) is 172 cm³/mol. The molecule has 0 bridgehead atoms. The Morgan fingerprint density at radius 1 is 0.830 bits per heavy atom. The minimum atomic E-state index is -5.33. The van der Waals surface area contributed by atoms with Crippen LogP contribution >= 0.6 is 38.0 Å². The summed E-state index contributed by atoms with van der Waals surface area (Å²) < 4.78 is 54.1. The highest BCUT2D eigenvalue weighted by Crippen LogP contribution is 2.59. The van der Waals surface area contributed by atoms with Crippen LogP contribution in [0, 0.1) is 3.57 Å². The number of benzene rings is 3. The first-order valence-corrected chi connectivity index (χ1v) is 17.8. The third-order valence-corrected chi connectivity index (χ3v) is 11.2. The molecule has 5 rings (SSSR count). The van der Waals surface area contributed by atoms with Gasteiger partial charge in [-0.05, 0) is 59.0 Å². The molecule has 1 saturated heterocycles. The maximum Gasteiger partial charge on any atom is 0.479 e. The van der Waals surface area contributed by atoms with Crippen molar-refractivity contribution in [1.29, 1.82) is 0 Å². The van der Waals surface area contributed by atoms with Crippen molar-refractivity contribution in [3.63, 3.8) is 0 Å². The Bertz CT molecular complexity index is 1970. The fraction of sp³-hybridized carbons (Fsp3) is 0.172. The SMILES string of the molecule is O=C(OC1C(COP(=O)(O)OP(=O)(O)c2ccccc2I)OC(n2ccc(=O)[nH]c2=O)C1OC(=O)c1ccccc1)c1ccccc1. The van der Waals surface area contributed by atoms with Crippen LogP contribution in [0.25, 0.3) is 0 Å². The van der Waals surface area contributed by atoms with E-state index in [1.165, 1.54) is 42.5 Å². The lowest BCUT2D eigenvalue weighted by atomic mass is 10.1. The molecule has 4 aromatic rings. The summed E-state index contributed by atoms with van der Waals surface area (Å²) in [6.07, 6.45) is -5.25. The van der Waals surface area contributed by atoms with Crippen LogP contribution < -0.4 is 16.6 Å². The van der Waals surface area contributed by atoms with E-state index in [2.05, 4.69) is 4.31 Å². The van der Waals surface area contributed by atoms with Crippen molar-refractivity contribution in [2.24, 2.45) is 0 Å². The molecule has 0 aliphatic carbocycles. The van der Waals surface area contributed by atoms with E-state index in [0.717, 1.165) is 16.8 Å². The average Bonchev–Trinajstić information content (AvgIpc) is 3.36. The number of nitrogens with one attached hydrogen (secondary N) is 1. The van der Waals surface area contributed by atoms with Crippen molar-refractivity contribution in [1.82, 2.24) is 9.55 Å². The van der Waals surface area contributed by atoms with Crippen molar-refractivity contribution < 1.29 is 51.6 Å². The Labute approximate surface area is 279 Å². The van der Waals surface area contributed by atoms with Crippen molar-refractivity contribution in [2.75, 3.05) is 6.61 Å². The summed E-state index contributed by atoms with van der Waals surface area (Å²) >= 11 is 1.75. The maximum absolute atomic E-state index is 13.2. The van der Waals surface area contributed by atoms with Gasteiger partial charge in [-0.2, -0.15) is 0 Å². The van der Waals surface area contributed by atoms with Crippen LogP contribution in [0.4, 0.5) is 0 Å². The quantitative estimate of drug-likeness (QED) is 0.113. The Kier molecular flexibility index (Phi) is 10.7. The van der Waals surface area contributed by atoms with Crippen molar-refractivity contribution in [3.8, 4) is 0 Å². The number of nitrogens with zero attached hydrogens (tertiary/aromatic N) is 1. The highest BCUT2D eigenvalue weighted by atomic mass is 127. The third kappa shape index (κ3) is 8.41.